The van der Waals surface area contributed by atoms with E-state index in [1.165, 1.54) is 24.3 Å². The first-order valence-electron chi connectivity index (χ1n) is 10.4. The average Bonchev–Trinajstić information content (AvgIpc) is 2.70. The van der Waals surface area contributed by atoms with E-state index in [-0.39, 0.29) is 24.0 Å². The standard InChI is InChI=1S/C24H33FN2O3/c1-15-17-7-8-21(29-6)22(18(17)9-10-26-15)16-11-19(25)23(30-14-28-5)20(12-16)27-13-24(2,3)4/h7-8,11-12,15,26-27H,9-10,13-14H2,1-6H3/t15-/m1/s1. The number of rotatable bonds is 7. The van der Waals surface area contributed by atoms with Crippen molar-refractivity contribution >= 4 is 5.69 Å². The number of benzene rings is 2. The molecule has 0 saturated heterocycles. The fraction of sp³-hybridized carbons (Fsp3) is 0.500. The van der Waals surface area contributed by atoms with Crippen molar-refractivity contribution in [2.75, 3.05) is 39.4 Å². The van der Waals surface area contributed by atoms with Gasteiger partial charge >= 0.3 is 0 Å². The highest BCUT2D eigenvalue weighted by Gasteiger charge is 2.24. The minimum absolute atomic E-state index is 0.0201. The van der Waals surface area contributed by atoms with E-state index in [0.717, 1.165) is 29.8 Å². The number of methoxy groups -OCH3 is 2. The number of ether oxygens (including phenoxy) is 3. The molecule has 3 rings (SSSR count). The van der Waals surface area contributed by atoms with E-state index in [1.54, 1.807) is 7.11 Å². The Hall–Kier alpha value is -2.31. The minimum Gasteiger partial charge on any atom is -0.496 e. The van der Waals surface area contributed by atoms with E-state index in [2.05, 4.69) is 44.4 Å². The number of hydrogen-bond donors (Lipinski definition) is 2. The fourth-order valence-corrected chi connectivity index (χ4v) is 3.82. The zero-order valence-electron chi connectivity index (χ0n) is 18.8. The highest BCUT2D eigenvalue weighted by atomic mass is 19.1. The summed E-state index contributed by atoms with van der Waals surface area (Å²) in [5, 5.41) is 6.85. The third-order valence-electron chi connectivity index (χ3n) is 5.29. The molecule has 5 nitrogen and oxygen atoms in total. The van der Waals surface area contributed by atoms with E-state index in [9.17, 15) is 0 Å². The molecule has 0 fully saturated rings. The Morgan fingerprint density at radius 2 is 1.97 bits per heavy atom. The van der Waals surface area contributed by atoms with Gasteiger partial charge in [0.15, 0.2) is 18.4 Å². The first-order valence-corrected chi connectivity index (χ1v) is 10.4. The molecule has 6 heteroatoms. The maximum atomic E-state index is 15.2. The van der Waals surface area contributed by atoms with Crippen LogP contribution >= 0.6 is 0 Å². The van der Waals surface area contributed by atoms with E-state index < -0.39 is 5.82 Å². The van der Waals surface area contributed by atoms with Crippen LogP contribution in [-0.2, 0) is 11.2 Å². The van der Waals surface area contributed by atoms with Gasteiger partial charge < -0.3 is 24.8 Å². The third-order valence-corrected chi connectivity index (χ3v) is 5.29. The second-order valence-corrected chi connectivity index (χ2v) is 8.94. The van der Waals surface area contributed by atoms with Crippen LogP contribution in [0.1, 0.15) is 44.9 Å². The summed E-state index contributed by atoms with van der Waals surface area (Å²) >= 11 is 0. The Morgan fingerprint density at radius 1 is 1.20 bits per heavy atom. The Bertz CT molecular complexity index is 893. The van der Waals surface area contributed by atoms with Crippen LogP contribution in [0.5, 0.6) is 11.5 Å². The highest BCUT2D eigenvalue weighted by molar-refractivity contribution is 5.80. The second-order valence-electron chi connectivity index (χ2n) is 8.94. The van der Waals surface area contributed by atoms with Gasteiger partial charge in [0.1, 0.15) is 5.75 Å². The summed E-state index contributed by atoms with van der Waals surface area (Å²) in [6, 6.07) is 7.78. The minimum atomic E-state index is -0.428. The van der Waals surface area contributed by atoms with E-state index in [0.29, 0.717) is 12.2 Å². The van der Waals surface area contributed by atoms with Crippen LogP contribution in [0.25, 0.3) is 11.1 Å². The van der Waals surface area contributed by atoms with Crippen LogP contribution < -0.4 is 20.1 Å². The van der Waals surface area contributed by atoms with Crippen molar-refractivity contribution in [3.8, 4) is 22.6 Å². The second kappa shape index (κ2) is 9.23. The van der Waals surface area contributed by atoms with Crippen molar-refractivity contribution < 1.29 is 18.6 Å². The lowest BCUT2D eigenvalue weighted by atomic mass is 9.87. The van der Waals surface area contributed by atoms with Gasteiger partial charge in [-0.25, -0.2) is 4.39 Å². The first-order chi connectivity index (χ1) is 14.2. The Morgan fingerprint density at radius 3 is 2.63 bits per heavy atom. The number of halogens is 1. The van der Waals surface area contributed by atoms with Crippen molar-refractivity contribution in [3.05, 3.63) is 41.2 Å². The largest absolute Gasteiger partial charge is 0.496 e. The monoisotopic (exact) mass is 416 g/mol. The van der Waals surface area contributed by atoms with Gasteiger partial charge in [-0.3, -0.25) is 0 Å². The summed E-state index contributed by atoms with van der Waals surface area (Å²) < 4.78 is 31.4. The smallest absolute Gasteiger partial charge is 0.188 e. The molecular formula is C24H33FN2O3. The number of hydrogen-bond acceptors (Lipinski definition) is 5. The zero-order chi connectivity index (χ0) is 21.9. The molecule has 0 amide bonds. The summed E-state index contributed by atoms with van der Waals surface area (Å²) in [6.45, 7) is 10.0. The van der Waals surface area contributed by atoms with Gasteiger partial charge in [-0.05, 0) is 60.2 Å². The lowest BCUT2D eigenvalue weighted by Gasteiger charge is -2.28. The Kier molecular flexibility index (Phi) is 6.88. The summed E-state index contributed by atoms with van der Waals surface area (Å²) in [7, 11) is 3.17. The average molecular weight is 417 g/mol. The molecule has 1 atom stereocenters. The fourth-order valence-electron chi connectivity index (χ4n) is 3.82. The van der Waals surface area contributed by atoms with Crippen LogP contribution in [0, 0.1) is 11.2 Å². The zero-order valence-corrected chi connectivity index (χ0v) is 18.8. The van der Waals surface area contributed by atoms with Crippen LogP contribution in [0.2, 0.25) is 0 Å². The molecule has 0 saturated carbocycles. The molecule has 0 unspecified atom stereocenters. The van der Waals surface area contributed by atoms with Gasteiger partial charge in [0, 0.05) is 25.3 Å². The van der Waals surface area contributed by atoms with Gasteiger partial charge in [0.25, 0.3) is 0 Å². The van der Waals surface area contributed by atoms with E-state index in [4.69, 9.17) is 14.2 Å². The lowest BCUT2D eigenvalue weighted by molar-refractivity contribution is 0.0488. The Labute approximate surface area is 178 Å². The van der Waals surface area contributed by atoms with Crippen LogP contribution in [-0.4, -0.2) is 34.1 Å². The molecule has 164 valence electrons. The summed E-state index contributed by atoms with van der Waals surface area (Å²) in [5.74, 6) is 0.487. The van der Waals surface area contributed by atoms with Crippen molar-refractivity contribution in [1.82, 2.24) is 5.32 Å². The normalized spacial score (nSPS) is 16.2. The number of fused-ring (bicyclic) bond motifs is 1. The number of nitrogens with one attached hydrogen (secondary N) is 2. The third kappa shape index (κ3) is 4.87. The molecule has 30 heavy (non-hydrogen) atoms. The molecule has 1 heterocycles. The quantitative estimate of drug-likeness (QED) is 0.612. The molecule has 0 aromatic heterocycles. The molecule has 1 aliphatic rings. The van der Waals surface area contributed by atoms with E-state index >= 15 is 4.39 Å². The SMILES string of the molecule is COCOc1c(F)cc(-c2c(OC)ccc3c2CCN[C@@H]3C)cc1NCC(C)(C)C. The lowest BCUT2D eigenvalue weighted by Crippen LogP contribution is -2.28. The van der Waals surface area contributed by atoms with Crippen LogP contribution in [0.3, 0.4) is 0 Å². The maximum absolute atomic E-state index is 15.2. The van der Waals surface area contributed by atoms with Crippen molar-refractivity contribution in [2.24, 2.45) is 5.41 Å². The van der Waals surface area contributed by atoms with Gasteiger partial charge in [-0.15, -0.1) is 0 Å². The van der Waals surface area contributed by atoms with Crippen molar-refractivity contribution in [1.29, 1.82) is 0 Å². The topological polar surface area (TPSA) is 51.8 Å². The van der Waals surface area contributed by atoms with Crippen LogP contribution in [0.4, 0.5) is 10.1 Å². The predicted octanol–water partition coefficient (Wildman–Crippen LogP) is 5.15. The van der Waals surface area contributed by atoms with Gasteiger partial charge in [0.05, 0.1) is 12.8 Å². The van der Waals surface area contributed by atoms with Gasteiger partial charge in [0.2, 0.25) is 0 Å². The molecule has 0 spiro atoms. The molecule has 2 aromatic rings. The predicted molar refractivity (Wildman–Crippen MR) is 119 cm³/mol. The highest BCUT2D eigenvalue weighted by Crippen LogP contribution is 2.42. The van der Waals surface area contributed by atoms with Crippen LogP contribution in [0.15, 0.2) is 24.3 Å². The molecule has 2 N–H and O–H groups in total. The summed E-state index contributed by atoms with van der Waals surface area (Å²) in [5.41, 5.74) is 4.78. The molecule has 1 aliphatic heterocycles. The number of anilines is 1. The summed E-state index contributed by atoms with van der Waals surface area (Å²) in [4.78, 5) is 0. The van der Waals surface area contributed by atoms with Gasteiger partial charge in [-0.1, -0.05) is 26.8 Å². The molecular weight excluding hydrogens is 383 g/mol. The first kappa shape index (κ1) is 22.4. The van der Waals surface area contributed by atoms with E-state index in [1.807, 2.05) is 12.1 Å². The van der Waals surface area contributed by atoms with Crippen molar-refractivity contribution in [2.45, 2.75) is 40.2 Å². The molecule has 0 radical (unpaired) electrons. The maximum Gasteiger partial charge on any atom is 0.188 e. The summed E-state index contributed by atoms with van der Waals surface area (Å²) in [6.07, 6.45) is 0.862. The molecule has 0 aliphatic carbocycles. The Balaban J connectivity index is 2.14. The molecule has 2 aromatic carbocycles. The van der Waals surface area contributed by atoms with Gasteiger partial charge in [-0.2, -0.15) is 0 Å². The molecule has 0 bridgehead atoms. The van der Waals surface area contributed by atoms with Crippen molar-refractivity contribution in [3.63, 3.8) is 0 Å².